The lowest BCUT2D eigenvalue weighted by Crippen LogP contribution is -2.28. The van der Waals surface area contributed by atoms with E-state index >= 15 is 0 Å². The number of hydrogen-bond donors (Lipinski definition) is 1. The predicted molar refractivity (Wildman–Crippen MR) is 147 cm³/mol. The fraction of sp³-hybridized carbons (Fsp3) is 0.118. The van der Waals surface area contributed by atoms with Crippen LogP contribution in [0.1, 0.15) is 33.4 Å². The third-order valence-electron chi connectivity index (χ3n) is 7.28. The van der Waals surface area contributed by atoms with Gasteiger partial charge in [0, 0.05) is 7.11 Å². The van der Waals surface area contributed by atoms with Crippen molar-refractivity contribution in [1.82, 2.24) is 0 Å². The molecule has 0 fully saturated rings. The monoisotopic (exact) mass is 484 g/mol. The first kappa shape index (κ1) is 23.1. The van der Waals surface area contributed by atoms with Gasteiger partial charge in [-0.1, -0.05) is 97.1 Å². The van der Waals surface area contributed by atoms with Crippen molar-refractivity contribution in [3.8, 4) is 22.6 Å². The van der Waals surface area contributed by atoms with E-state index in [0.717, 1.165) is 28.0 Å². The largest absolute Gasteiger partial charge is 0.508 e. The molecule has 0 amide bonds. The number of benzene rings is 5. The van der Waals surface area contributed by atoms with Gasteiger partial charge in [0.15, 0.2) is 0 Å². The van der Waals surface area contributed by atoms with Crippen molar-refractivity contribution >= 4 is 0 Å². The summed E-state index contributed by atoms with van der Waals surface area (Å²) in [6.07, 6.45) is 0. The third kappa shape index (κ3) is 3.98. The SMILES string of the molecule is COCc1ccc(COc2ccc(C3(c4ccc(O)cc4)c4ccccc4-c4ccccc43)cc2)cc1. The molecule has 0 bridgehead atoms. The summed E-state index contributed by atoms with van der Waals surface area (Å²) in [5.41, 5.74) is 9.01. The van der Waals surface area contributed by atoms with Crippen molar-refractivity contribution in [2.45, 2.75) is 18.6 Å². The molecule has 0 aromatic heterocycles. The molecule has 0 atom stereocenters. The maximum atomic E-state index is 10.1. The van der Waals surface area contributed by atoms with Gasteiger partial charge in [0.25, 0.3) is 0 Å². The Kier molecular flexibility index (Phi) is 5.99. The molecule has 0 heterocycles. The zero-order valence-electron chi connectivity index (χ0n) is 20.7. The second kappa shape index (κ2) is 9.61. The number of rotatable bonds is 7. The Labute approximate surface area is 217 Å². The highest BCUT2D eigenvalue weighted by molar-refractivity contribution is 5.86. The average Bonchev–Trinajstić information content (AvgIpc) is 3.25. The van der Waals surface area contributed by atoms with E-state index in [9.17, 15) is 5.11 Å². The number of hydrogen-bond acceptors (Lipinski definition) is 3. The quantitative estimate of drug-likeness (QED) is 0.255. The summed E-state index contributed by atoms with van der Waals surface area (Å²) < 4.78 is 11.3. The van der Waals surface area contributed by atoms with Crippen molar-refractivity contribution < 1.29 is 14.6 Å². The molecule has 1 aliphatic rings. The molecule has 0 unspecified atom stereocenters. The molecule has 0 spiro atoms. The van der Waals surface area contributed by atoms with Gasteiger partial charge >= 0.3 is 0 Å². The predicted octanol–water partition coefficient (Wildman–Crippen LogP) is 7.48. The van der Waals surface area contributed by atoms with Crippen molar-refractivity contribution in [1.29, 1.82) is 0 Å². The van der Waals surface area contributed by atoms with Gasteiger partial charge in [0.05, 0.1) is 12.0 Å². The third-order valence-corrected chi connectivity index (χ3v) is 7.28. The minimum absolute atomic E-state index is 0.262. The van der Waals surface area contributed by atoms with Gasteiger partial charge < -0.3 is 14.6 Å². The van der Waals surface area contributed by atoms with E-state index in [1.807, 2.05) is 12.1 Å². The van der Waals surface area contributed by atoms with Crippen molar-refractivity contribution in [2.24, 2.45) is 0 Å². The Bertz CT molecular complexity index is 1470. The normalized spacial score (nSPS) is 13.1. The van der Waals surface area contributed by atoms with Crippen LogP contribution in [0.25, 0.3) is 11.1 Å². The first-order chi connectivity index (χ1) is 18.2. The zero-order valence-corrected chi connectivity index (χ0v) is 20.7. The highest BCUT2D eigenvalue weighted by atomic mass is 16.5. The molecular formula is C34H28O3. The van der Waals surface area contributed by atoms with Crippen LogP contribution < -0.4 is 4.74 Å². The molecular weight excluding hydrogens is 456 g/mol. The van der Waals surface area contributed by atoms with Gasteiger partial charge in [0.1, 0.15) is 18.1 Å². The summed E-state index contributed by atoms with van der Waals surface area (Å²) in [5.74, 6) is 1.09. The van der Waals surface area contributed by atoms with E-state index in [-0.39, 0.29) is 5.75 Å². The van der Waals surface area contributed by atoms with Gasteiger partial charge in [-0.3, -0.25) is 0 Å². The molecule has 37 heavy (non-hydrogen) atoms. The summed E-state index contributed by atoms with van der Waals surface area (Å²) in [7, 11) is 1.70. The van der Waals surface area contributed by atoms with Gasteiger partial charge in [-0.15, -0.1) is 0 Å². The van der Waals surface area contributed by atoms with Gasteiger partial charge in [-0.05, 0) is 68.8 Å². The van der Waals surface area contributed by atoms with Crippen LogP contribution in [0.15, 0.2) is 121 Å². The second-order valence-electron chi connectivity index (χ2n) is 9.45. The highest BCUT2D eigenvalue weighted by Crippen LogP contribution is 2.56. The maximum Gasteiger partial charge on any atom is 0.119 e. The van der Waals surface area contributed by atoms with Crippen molar-refractivity contribution in [2.75, 3.05) is 7.11 Å². The standard InChI is InChI=1S/C34H28O3/c1-36-22-24-10-12-25(13-11-24)23-37-29-20-16-27(17-21-29)34(26-14-18-28(35)19-15-26)32-8-4-2-6-30(32)31-7-3-5-9-33(31)34/h2-21,35H,22-23H2,1H3. The molecule has 3 heteroatoms. The molecule has 6 rings (SSSR count). The van der Waals surface area contributed by atoms with E-state index < -0.39 is 5.41 Å². The minimum Gasteiger partial charge on any atom is -0.508 e. The van der Waals surface area contributed by atoms with Crippen molar-refractivity contribution in [3.05, 3.63) is 155 Å². The molecule has 0 aliphatic heterocycles. The number of phenolic OH excluding ortho intramolecular Hbond substituents is 1. The summed E-state index contributed by atoms with van der Waals surface area (Å²) in [6, 6.07) is 41.6. The van der Waals surface area contributed by atoms with Gasteiger partial charge in [0.2, 0.25) is 0 Å². The number of fused-ring (bicyclic) bond motifs is 3. The number of methoxy groups -OCH3 is 1. The average molecular weight is 485 g/mol. The molecule has 1 N–H and O–H groups in total. The van der Waals surface area contributed by atoms with Crippen LogP contribution in [0, 0.1) is 0 Å². The smallest absolute Gasteiger partial charge is 0.119 e. The van der Waals surface area contributed by atoms with Crippen LogP contribution in [-0.2, 0) is 23.4 Å². The van der Waals surface area contributed by atoms with Crippen molar-refractivity contribution in [3.63, 3.8) is 0 Å². The lowest BCUT2D eigenvalue weighted by Gasteiger charge is -2.34. The van der Waals surface area contributed by atoms with E-state index in [1.54, 1.807) is 19.2 Å². The molecule has 0 saturated heterocycles. The van der Waals surface area contributed by atoms with Crippen LogP contribution >= 0.6 is 0 Å². The van der Waals surface area contributed by atoms with E-state index in [0.29, 0.717) is 13.2 Å². The lowest BCUT2D eigenvalue weighted by molar-refractivity contribution is 0.185. The van der Waals surface area contributed by atoms with E-state index in [4.69, 9.17) is 9.47 Å². The van der Waals surface area contributed by atoms with Crippen LogP contribution in [0.5, 0.6) is 11.5 Å². The molecule has 182 valence electrons. The number of aromatic hydroxyl groups is 1. The molecule has 3 nitrogen and oxygen atoms in total. The Morgan fingerprint density at radius 3 is 1.59 bits per heavy atom. The molecule has 5 aromatic carbocycles. The summed E-state index contributed by atoms with van der Waals surface area (Å²) >= 11 is 0. The Hall–Kier alpha value is -4.34. The van der Waals surface area contributed by atoms with E-state index in [2.05, 4.69) is 97.1 Å². The van der Waals surface area contributed by atoms with Gasteiger partial charge in [-0.25, -0.2) is 0 Å². The fourth-order valence-electron chi connectivity index (χ4n) is 5.60. The Balaban J connectivity index is 1.39. The van der Waals surface area contributed by atoms with Gasteiger partial charge in [-0.2, -0.15) is 0 Å². The summed E-state index contributed by atoms with van der Waals surface area (Å²) in [4.78, 5) is 0. The fourth-order valence-corrected chi connectivity index (χ4v) is 5.60. The Morgan fingerprint density at radius 2 is 1.05 bits per heavy atom. The molecule has 0 saturated carbocycles. The molecule has 5 aromatic rings. The molecule has 0 radical (unpaired) electrons. The topological polar surface area (TPSA) is 38.7 Å². The molecule has 1 aliphatic carbocycles. The summed E-state index contributed by atoms with van der Waals surface area (Å²) in [6.45, 7) is 1.11. The zero-order chi connectivity index (χ0) is 25.2. The lowest BCUT2D eigenvalue weighted by atomic mass is 9.68. The Morgan fingerprint density at radius 1 is 0.568 bits per heavy atom. The first-order valence-electron chi connectivity index (χ1n) is 12.5. The van der Waals surface area contributed by atoms with Crippen LogP contribution in [0.3, 0.4) is 0 Å². The van der Waals surface area contributed by atoms with Crippen LogP contribution in [0.2, 0.25) is 0 Å². The minimum atomic E-state index is -0.489. The highest BCUT2D eigenvalue weighted by Gasteiger charge is 2.45. The number of phenols is 1. The summed E-state index contributed by atoms with van der Waals surface area (Å²) in [5, 5.41) is 10.1. The second-order valence-corrected chi connectivity index (χ2v) is 9.45. The maximum absolute atomic E-state index is 10.1. The van der Waals surface area contributed by atoms with Crippen LogP contribution in [-0.4, -0.2) is 12.2 Å². The first-order valence-corrected chi connectivity index (χ1v) is 12.5. The van der Waals surface area contributed by atoms with Crippen LogP contribution in [0.4, 0.5) is 0 Å². The van der Waals surface area contributed by atoms with E-state index in [1.165, 1.54) is 22.3 Å². The number of ether oxygens (including phenoxy) is 2.